The molecule has 0 spiro atoms. The number of nitrogens with zero attached hydrogens (tertiary/aromatic N) is 1. The van der Waals surface area contributed by atoms with Crippen molar-refractivity contribution in [3.8, 4) is 0 Å². The summed E-state index contributed by atoms with van der Waals surface area (Å²) in [6.45, 7) is 2.74. The second-order valence-corrected chi connectivity index (χ2v) is 4.11. The molecule has 5 heteroatoms. The zero-order valence-electron chi connectivity index (χ0n) is 9.12. The van der Waals surface area contributed by atoms with E-state index in [9.17, 15) is 9.18 Å². The summed E-state index contributed by atoms with van der Waals surface area (Å²) in [6, 6.07) is -0.135. The SMILES string of the molecule is CC(N)CC(=O)N1CCCCC(F)C1.Cl. The molecule has 1 amide bonds. The van der Waals surface area contributed by atoms with Crippen molar-refractivity contribution in [2.24, 2.45) is 5.73 Å². The van der Waals surface area contributed by atoms with Gasteiger partial charge in [0.25, 0.3) is 0 Å². The average molecular weight is 239 g/mol. The zero-order valence-corrected chi connectivity index (χ0v) is 9.93. The maximum atomic E-state index is 13.2. The number of hydrogen-bond acceptors (Lipinski definition) is 2. The number of nitrogens with two attached hydrogens (primary N) is 1. The molecule has 1 heterocycles. The van der Waals surface area contributed by atoms with Crippen molar-refractivity contribution < 1.29 is 9.18 Å². The van der Waals surface area contributed by atoms with Crippen LogP contribution in [0.3, 0.4) is 0 Å². The van der Waals surface area contributed by atoms with E-state index in [2.05, 4.69) is 0 Å². The van der Waals surface area contributed by atoms with Gasteiger partial charge in [0.1, 0.15) is 6.17 Å². The lowest BCUT2D eigenvalue weighted by atomic mass is 10.2. The van der Waals surface area contributed by atoms with Gasteiger partial charge in [0, 0.05) is 19.0 Å². The van der Waals surface area contributed by atoms with Crippen molar-refractivity contribution in [3.63, 3.8) is 0 Å². The van der Waals surface area contributed by atoms with Crippen LogP contribution in [0.5, 0.6) is 0 Å². The number of rotatable bonds is 2. The molecular formula is C10H20ClFN2O. The van der Waals surface area contributed by atoms with Crippen LogP contribution in [0, 0.1) is 0 Å². The van der Waals surface area contributed by atoms with Gasteiger partial charge in [0.05, 0.1) is 6.54 Å². The van der Waals surface area contributed by atoms with Crippen LogP contribution in [0.15, 0.2) is 0 Å². The van der Waals surface area contributed by atoms with Gasteiger partial charge in [-0.15, -0.1) is 12.4 Å². The molecule has 2 unspecified atom stereocenters. The molecule has 0 bridgehead atoms. The van der Waals surface area contributed by atoms with Crippen molar-refractivity contribution in [1.29, 1.82) is 0 Å². The quantitative estimate of drug-likeness (QED) is 0.793. The van der Waals surface area contributed by atoms with E-state index in [1.807, 2.05) is 0 Å². The topological polar surface area (TPSA) is 46.3 Å². The summed E-state index contributed by atoms with van der Waals surface area (Å²) >= 11 is 0. The molecule has 3 nitrogen and oxygen atoms in total. The third-order valence-corrected chi connectivity index (χ3v) is 2.46. The largest absolute Gasteiger partial charge is 0.340 e. The number of carbonyl (C=O) groups excluding carboxylic acids is 1. The Kier molecular flexibility index (Phi) is 6.85. The predicted octanol–water partition coefficient (Wildman–Crippen LogP) is 1.50. The molecule has 0 aromatic rings. The average Bonchev–Trinajstić information content (AvgIpc) is 2.28. The Hall–Kier alpha value is -0.350. The number of amides is 1. The maximum Gasteiger partial charge on any atom is 0.224 e. The predicted molar refractivity (Wildman–Crippen MR) is 60.8 cm³/mol. The number of hydrogen-bond donors (Lipinski definition) is 1. The van der Waals surface area contributed by atoms with Crippen molar-refractivity contribution in [2.75, 3.05) is 13.1 Å². The molecule has 0 radical (unpaired) electrons. The summed E-state index contributed by atoms with van der Waals surface area (Å²) in [4.78, 5) is 13.2. The van der Waals surface area contributed by atoms with Crippen LogP contribution in [0.2, 0.25) is 0 Å². The molecule has 0 aromatic heterocycles. The first-order chi connectivity index (χ1) is 6.59. The molecule has 0 aromatic carbocycles. The van der Waals surface area contributed by atoms with Crippen LogP contribution in [-0.2, 0) is 4.79 Å². The van der Waals surface area contributed by atoms with Gasteiger partial charge in [0.2, 0.25) is 5.91 Å². The fourth-order valence-electron chi connectivity index (χ4n) is 1.72. The third kappa shape index (κ3) is 5.33. The molecule has 2 atom stereocenters. The smallest absolute Gasteiger partial charge is 0.224 e. The Labute approximate surface area is 96.6 Å². The lowest BCUT2D eigenvalue weighted by molar-refractivity contribution is -0.132. The van der Waals surface area contributed by atoms with Crippen molar-refractivity contribution in [2.45, 2.75) is 44.8 Å². The summed E-state index contributed by atoms with van der Waals surface area (Å²) in [5.41, 5.74) is 5.53. The molecular weight excluding hydrogens is 219 g/mol. The Balaban J connectivity index is 0.00000196. The standard InChI is InChI=1S/C10H19FN2O.ClH/c1-8(12)6-10(14)13-5-3-2-4-9(11)7-13;/h8-9H,2-7,12H2,1H3;1H. The Morgan fingerprint density at radius 2 is 2.27 bits per heavy atom. The number of likely N-dealkylation sites (tertiary alicyclic amines) is 1. The van der Waals surface area contributed by atoms with Crippen LogP contribution in [-0.4, -0.2) is 36.1 Å². The lowest BCUT2D eigenvalue weighted by Gasteiger charge is -2.22. The van der Waals surface area contributed by atoms with Gasteiger partial charge < -0.3 is 10.6 Å². The van der Waals surface area contributed by atoms with Crippen molar-refractivity contribution in [3.05, 3.63) is 0 Å². The highest BCUT2D eigenvalue weighted by Crippen LogP contribution is 2.14. The molecule has 1 fully saturated rings. The molecule has 1 aliphatic rings. The molecule has 2 N–H and O–H groups in total. The van der Waals surface area contributed by atoms with E-state index in [0.717, 1.165) is 12.8 Å². The highest BCUT2D eigenvalue weighted by molar-refractivity contribution is 5.85. The Bertz CT molecular complexity index is 202. The van der Waals surface area contributed by atoms with Crippen molar-refractivity contribution >= 4 is 18.3 Å². The van der Waals surface area contributed by atoms with Gasteiger partial charge in [-0.1, -0.05) is 0 Å². The minimum Gasteiger partial charge on any atom is -0.340 e. The zero-order chi connectivity index (χ0) is 10.6. The number of halogens is 2. The van der Waals surface area contributed by atoms with Crippen LogP contribution >= 0.6 is 12.4 Å². The van der Waals surface area contributed by atoms with Gasteiger partial charge in [0.15, 0.2) is 0 Å². The van der Waals surface area contributed by atoms with Gasteiger partial charge in [-0.05, 0) is 26.2 Å². The molecule has 1 saturated heterocycles. The summed E-state index contributed by atoms with van der Waals surface area (Å²) in [5, 5.41) is 0. The lowest BCUT2D eigenvalue weighted by Crippen LogP contribution is -2.38. The van der Waals surface area contributed by atoms with E-state index in [4.69, 9.17) is 5.73 Å². The summed E-state index contributed by atoms with van der Waals surface area (Å²) in [6.07, 6.45) is 1.85. The van der Waals surface area contributed by atoms with E-state index < -0.39 is 6.17 Å². The number of alkyl halides is 1. The van der Waals surface area contributed by atoms with E-state index >= 15 is 0 Å². The first kappa shape index (κ1) is 14.6. The van der Waals surface area contributed by atoms with E-state index in [1.54, 1.807) is 11.8 Å². The van der Waals surface area contributed by atoms with E-state index in [1.165, 1.54) is 0 Å². The molecule has 90 valence electrons. The first-order valence-corrected chi connectivity index (χ1v) is 5.27. The number of carbonyl (C=O) groups is 1. The van der Waals surface area contributed by atoms with Crippen LogP contribution in [0.1, 0.15) is 32.6 Å². The van der Waals surface area contributed by atoms with Crippen molar-refractivity contribution in [1.82, 2.24) is 4.90 Å². The summed E-state index contributed by atoms with van der Waals surface area (Å²) in [5.74, 6) is -0.00968. The van der Waals surface area contributed by atoms with Gasteiger partial charge in [-0.2, -0.15) is 0 Å². The van der Waals surface area contributed by atoms with Crippen LogP contribution in [0.25, 0.3) is 0 Å². The second-order valence-electron chi connectivity index (χ2n) is 4.11. The minimum absolute atomic E-state index is 0. The fourth-order valence-corrected chi connectivity index (χ4v) is 1.72. The monoisotopic (exact) mass is 238 g/mol. The van der Waals surface area contributed by atoms with Gasteiger partial charge in [-0.3, -0.25) is 4.79 Å². The minimum atomic E-state index is -0.852. The van der Waals surface area contributed by atoms with Gasteiger partial charge in [-0.25, -0.2) is 4.39 Å². The summed E-state index contributed by atoms with van der Waals surface area (Å²) < 4.78 is 13.2. The second kappa shape index (κ2) is 7.01. The van der Waals surface area contributed by atoms with Crippen LogP contribution < -0.4 is 5.73 Å². The Morgan fingerprint density at radius 3 is 2.87 bits per heavy atom. The van der Waals surface area contributed by atoms with E-state index in [-0.39, 0.29) is 30.9 Å². The first-order valence-electron chi connectivity index (χ1n) is 5.27. The van der Waals surface area contributed by atoms with E-state index in [0.29, 0.717) is 19.4 Å². The summed E-state index contributed by atoms with van der Waals surface area (Å²) in [7, 11) is 0. The molecule has 1 rings (SSSR count). The highest BCUT2D eigenvalue weighted by atomic mass is 35.5. The molecule has 1 aliphatic heterocycles. The molecule has 15 heavy (non-hydrogen) atoms. The van der Waals surface area contributed by atoms with Gasteiger partial charge >= 0.3 is 0 Å². The van der Waals surface area contributed by atoms with Crippen LogP contribution in [0.4, 0.5) is 4.39 Å². The molecule has 0 aliphatic carbocycles. The highest BCUT2D eigenvalue weighted by Gasteiger charge is 2.21. The Morgan fingerprint density at radius 1 is 1.60 bits per heavy atom. The third-order valence-electron chi connectivity index (χ3n) is 2.46. The maximum absolute atomic E-state index is 13.2. The normalized spacial score (nSPS) is 23.9. The molecule has 0 saturated carbocycles. The fraction of sp³-hybridized carbons (Fsp3) is 0.900.